The molecule has 2 fully saturated rings. The maximum Gasteiger partial charge on any atom is 0.246 e. The van der Waals surface area contributed by atoms with Crippen molar-refractivity contribution in [3.8, 4) is 0 Å². The van der Waals surface area contributed by atoms with Crippen LogP contribution in [0.25, 0.3) is 0 Å². The van der Waals surface area contributed by atoms with Gasteiger partial charge in [0, 0.05) is 32.0 Å². The molecule has 20 nitrogen and oxygen atoms in total. The number of hydrogen-bond acceptors (Lipinski definition) is 10. The second-order valence-corrected chi connectivity index (χ2v) is 24.5. The van der Waals surface area contributed by atoms with E-state index in [9.17, 15) is 47.9 Å². The van der Waals surface area contributed by atoms with Crippen LogP contribution >= 0.6 is 0 Å². The van der Waals surface area contributed by atoms with Crippen molar-refractivity contribution in [2.24, 2.45) is 17.8 Å². The second-order valence-electron chi connectivity index (χ2n) is 24.5. The van der Waals surface area contributed by atoms with Crippen molar-refractivity contribution < 1.29 is 47.9 Å². The highest BCUT2D eigenvalue weighted by Crippen LogP contribution is 2.22. The van der Waals surface area contributed by atoms with Crippen LogP contribution in [0.15, 0.2) is 0 Å². The summed E-state index contributed by atoms with van der Waals surface area (Å²) in [6.45, 7) is 24.9. The minimum atomic E-state index is -1.62. The Balaban J connectivity index is 2.23. The average Bonchev–Trinajstić information content (AvgIpc) is 3.99. The number of carbonyl (C=O) groups excluding carboxylic acids is 10. The molecule has 1 saturated carbocycles. The maximum atomic E-state index is 14.3. The SMILES string of the molecule is CCCCCCCCC(NC(=O)[C@@H]1CCCN1C(=O)CCCCC)C(=O)NC(CC(C)C)C(=O)NC(C)(C)C(=O)NC(CC(C)C)C(=O)NC(CC(C)C)C(=O)NC(C)(C)C(=O)NC(C)(C)C(=O)NCCC(=O)NC1CC1. The fourth-order valence-corrected chi connectivity index (χ4v) is 9.10. The van der Waals surface area contributed by atoms with E-state index in [1.165, 1.54) is 41.5 Å². The van der Waals surface area contributed by atoms with Crippen LogP contribution in [0.4, 0.5) is 0 Å². The van der Waals surface area contributed by atoms with Crippen molar-refractivity contribution >= 4 is 59.1 Å². The van der Waals surface area contributed by atoms with E-state index in [0.717, 1.165) is 64.2 Å². The molecule has 0 bridgehead atoms. The molecule has 1 aliphatic carbocycles. The van der Waals surface area contributed by atoms with Gasteiger partial charge in [0.05, 0.1) is 0 Å². The largest absolute Gasteiger partial charge is 0.354 e. The third-order valence-electron chi connectivity index (χ3n) is 13.9. The van der Waals surface area contributed by atoms with Crippen LogP contribution in [0.2, 0.25) is 0 Å². The smallest absolute Gasteiger partial charge is 0.246 e. The number of rotatable bonds is 36. The number of amides is 10. The standard InChI is InChI=1S/C57H102N10O10/c1-15-17-19-20-21-23-25-40(60-51(74)44-26-24-32-67(44)46(69)27-22-18-16-2)47(70)61-42(34-37(5)6)49(72)64-56(11,12)53(76)63-41(33-36(3)4)48(71)62-43(35-38(7)8)50(73)65-57(13,14)54(77)66-55(9,10)52(75)58-31-30-45(68)59-39-28-29-39/h36-44H,15-35H2,1-14H3,(H,58,75)(H,59,68)(H,60,74)(H,61,70)(H,62,71)(H,63,76)(H,64,72)(H,65,73)(H,66,77)/t40?,41?,42?,43?,44-/m0/s1. The quantitative estimate of drug-likeness (QED) is 0.0385. The summed E-state index contributed by atoms with van der Waals surface area (Å²) < 4.78 is 0. The van der Waals surface area contributed by atoms with E-state index in [-0.39, 0.29) is 67.8 Å². The molecule has 5 atom stereocenters. The molecule has 2 aliphatic rings. The molecule has 20 heteroatoms. The zero-order chi connectivity index (χ0) is 58.3. The minimum absolute atomic E-state index is 0.0694. The van der Waals surface area contributed by atoms with Crippen LogP contribution in [0.3, 0.4) is 0 Å². The number of likely N-dealkylation sites (tertiary alicyclic amines) is 1. The molecule has 9 N–H and O–H groups in total. The molecule has 4 unspecified atom stereocenters. The summed E-state index contributed by atoms with van der Waals surface area (Å²) in [4.78, 5) is 138. The van der Waals surface area contributed by atoms with E-state index >= 15 is 0 Å². The highest BCUT2D eigenvalue weighted by Gasteiger charge is 2.41. The Morgan fingerprint density at radius 3 is 1.48 bits per heavy atom. The molecule has 10 amide bonds. The van der Waals surface area contributed by atoms with Crippen LogP contribution in [-0.4, -0.2) is 130 Å². The number of carbonyl (C=O) groups is 10. The van der Waals surface area contributed by atoms with Gasteiger partial charge in [0.2, 0.25) is 59.1 Å². The van der Waals surface area contributed by atoms with Crippen molar-refractivity contribution in [1.29, 1.82) is 0 Å². The van der Waals surface area contributed by atoms with Gasteiger partial charge in [-0.25, -0.2) is 0 Å². The molecule has 2 rings (SSSR count). The lowest BCUT2D eigenvalue weighted by molar-refractivity contribution is -0.140. The van der Waals surface area contributed by atoms with Crippen molar-refractivity contribution in [1.82, 2.24) is 52.8 Å². The minimum Gasteiger partial charge on any atom is -0.354 e. The number of nitrogens with one attached hydrogen (secondary N) is 9. The summed E-state index contributed by atoms with van der Waals surface area (Å²) in [6.07, 6.45) is 12.8. The highest BCUT2D eigenvalue weighted by molar-refractivity contribution is 6.00. The summed E-state index contributed by atoms with van der Waals surface area (Å²) in [5.41, 5.74) is -4.59. The van der Waals surface area contributed by atoms with Crippen molar-refractivity contribution in [3.63, 3.8) is 0 Å². The van der Waals surface area contributed by atoms with Gasteiger partial charge in [-0.2, -0.15) is 0 Å². The summed E-state index contributed by atoms with van der Waals surface area (Å²) in [5.74, 6) is -5.32. The zero-order valence-corrected chi connectivity index (χ0v) is 49.6. The first-order valence-corrected chi connectivity index (χ1v) is 29.0. The average molecular weight is 1090 g/mol. The van der Waals surface area contributed by atoms with Crippen LogP contribution in [0, 0.1) is 17.8 Å². The van der Waals surface area contributed by atoms with Crippen molar-refractivity contribution in [2.75, 3.05) is 13.1 Å². The van der Waals surface area contributed by atoms with Crippen LogP contribution < -0.4 is 47.9 Å². The highest BCUT2D eigenvalue weighted by atomic mass is 16.2. The number of nitrogens with zero attached hydrogens (tertiary/aromatic N) is 1. The molecule has 0 aromatic carbocycles. The maximum absolute atomic E-state index is 14.3. The van der Waals surface area contributed by atoms with Gasteiger partial charge in [-0.15, -0.1) is 0 Å². The molecule has 0 radical (unpaired) electrons. The molecule has 1 heterocycles. The van der Waals surface area contributed by atoms with Crippen LogP contribution in [0.5, 0.6) is 0 Å². The molecule has 0 spiro atoms. The zero-order valence-electron chi connectivity index (χ0n) is 49.6. The van der Waals surface area contributed by atoms with Crippen LogP contribution in [-0.2, 0) is 47.9 Å². The van der Waals surface area contributed by atoms with E-state index in [2.05, 4.69) is 61.7 Å². The Kier molecular flexibility index (Phi) is 28.7. The second kappa shape index (κ2) is 32.6. The van der Waals surface area contributed by atoms with E-state index in [4.69, 9.17) is 0 Å². The predicted molar refractivity (Wildman–Crippen MR) is 298 cm³/mol. The monoisotopic (exact) mass is 1090 g/mol. The third kappa shape index (κ3) is 24.9. The fourth-order valence-electron chi connectivity index (χ4n) is 9.10. The van der Waals surface area contributed by atoms with Crippen LogP contribution in [0.1, 0.15) is 219 Å². The van der Waals surface area contributed by atoms with E-state index in [1.54, 1.807) is 4.90 Å². The number of hydrogen-bond donors (Lipinski definition) is 9. The lowest BCUT2D eigenvalue weighted by Gasteiger charge is -2.34. The Labute approximate surface area is 460 Å². The van der Waals surface area contributed by atoms with E-state index in [1.807, 2.05) is 41.5 Å². The molecule has 0 aromatic rings. The van der Waals surface area contributed by atoms with Gasteiger partial charge < -0.3 is 52.8 Å². The van der Waals surface area contributed by atoms with Gasteiger partial charge in [-0.3, -0.25) is 47.9 Å². The topological polar surface area (TPSA) is 282 Å². The summed E-state index contributed by atoms with van der Waals surface area (Å²) in [6, 6.07) is -4.86. The Morgan fingerprint density at radius 1 is 0.494 bits per heavy atom. The normalized spacial score (nSPS) is 16.4. The van der Waals surface area contributed by atoms with Crippen molar-refractivity contribution in [2.45, 2.75) is 272 Å². The van der Waals surface area contributed by atoms with E-state index in [0.29, 0.717) is 38.6 Å². The van der Waals surface area contributed by atoms with Gasteiger partial charge in [0.25, 0.3) is 0 Å². The van der Waals surface area contributed by atoms with Gasteiger partial charge in [0.1, 0.15) is 46.8 Å². The first-order chi connectivity index (χ1) is 35.9. The molecular formula is C57H102N10O10. The Hall–Kier alpha value is -5.30. The lowest BCUT2D eigenvalue weighted by atomic mass is 9.96. The molecular weight excluding hydrogens is 985 g/mol. The first kappa shape index (κ1) is 67.8. The predicted octanol–water partition coefficient (Wildman–Crippen LogP) is 4.86. The molecule has 440 valence electrons. The fraction of sp³-hybridized carbons (Fsp3) is 0.825. The lowest BCUT2D eigenvalue weighted by Crippen LogP contribution is -2.65. The third-order valence-corrected chi connectivity index (χ3v) is 13.9. The van der Waals surface area contributed by atoms with Gasteiger partial charge in [-0.1, -0.05) is 107 Å². The van der Waals surface area contributed by atoms with Gasteiger partial charge >= 0.3 is 0 Å². The van der Waals surface area contributed by atoms with Gasteiger partial charge in [-0.05, 0) is 117 Å². The van der Waals surface area contributed by atoms with Crippen molar-refractivity contribution in [3.05, 3.63) is 0 Å². The summed E-state index contributed by atoms with van der Waals surface area (Å²) in [5, 5.41) is 25.2. The number of unbranched alkanes of at least 4 members (excludes halogenated alkanes) is 7. The summed E-state index contributed by atoms with van der Waals surface area (Å²) in [7, 11) is 0. The molecule has 0 aromatic heterocycles. The first-order valence-electron chi connectivity index (χ1n) is 29.0. The Bertz CT molecular complexity index is 1980. The molecule has 1 aliphatic heterocycles. The van der Waals surface area contributed by atoms with Gasteiger partial charge in [0.15, 0.2) is 0 Å². The van der Waals surface area contributed by atoms with E-state index < -0.39 is 94.1 Å². The summed E-state index contributed by atoms with van der Waals surface area (Å²) >= 11 is 0. The molecule has 77 heavy (non-hydrogen) atoms. The Morgan fingerprint density at radius 2 is 0.961 bits per heavy atom. The molecule has 1 saturated heterocycles.